The van der Waals surface area contributed by atoms with Crippen LogP contribution in [-0.4, -0.2) is 41.0 Å². The SMILES string of the molecule is FC(F)(F)C(F)(F)COCC1Cn2c(nc3ccccc32)O1. The Kier molecular flexibility index (Phi) is 3.47. The normalized spacial score (nSPS) is 18.5. The lowest BCUT2D eigenvalue weighted by molar-refractivity contribution is -0.297. The van der Waals surface area contributed by atoms with Crippen molar-refractivity contribution in [3.63, 3.8) is 0 Å². The van der Waals surface area contributed by atoms with Gasteiger partial charge in [-0.05, 0) is 12.1 Å². The van der Waals surface area contributed by atoms with Crippen molar-refractivity contribution in [1.82, 2.24) is 9.55 Å². The zero-order chi connectivity index (χ0) is 16.0. The standard InChI is InChI=1S/C13H11F5N2O2/c14-12(15,13(16,17)18)7-21-6-8-5-20-10-4-2-1-3-9(10)19-11(20)22-8/h1-4,8H,5-7H2. The highest BCUT2D eigenvalue weighted by Crippen LogP contribution is 2.35. The molecule has 0 bridgehead atoms. The van der Waals surface area contributed by atoms with Crippen LogP contribution in [-0.2, 0) is 11.3 Å². The number of hydrogen-bond acceptors (Lipinski definition) is 3. The average Bonchev–Trinajstić information content (AvgIpc) is 2.94. The van der Waals surface area contributed by atoms with E-state index < -0.39 is 24.8 Å². The molecule has 2 aromatic rings. The highest BCUT2D eigenvalue weighted by molar-refractivity contribution is 5.76. The van der Waals surface area contributed by atoms with E-state index in [0.29, 0.717) is 6.01 Å². The van der Waals surface area contributed by atoms with E-state index >= 15 is 0 Å². The number of para-hydroxylation sites is 2. The maximum atomic E-state index is 12.7. The summed E-state index contributed by atoms with van der Waals surface area (Å²) in [6.45, 7) is -1.81. The molecule has 0 saturated carbocycles. The molecule has 1 unspecified atom stereocenters. The van der Waals surface area contributed by atoms with Crippen molar-refractivity contribution in [2.24, 2.45) is 0 Å². The fourth-order valence-electron chi connectivity index (χ4n) is 2.20. The van der Waals surface area contributed by atoms with Gasteiger partial charge in [-0.15, -0.1) is 0 Å². The number of fused-ring (bicyclic) bond motifs is 3. The van der Waals surface area contributed by atoms with Gasteiger partial charge in [-0.3, -0.25) is 4.57 Å². The highest BCUT2D eigenvalue weighted by Gasteiger charge is 2.57. The molecule has 0 fully saturated rings. The van der Waals surface area contributed by atoms with Gasteiger partial charge in [-0.25, -0.2) is 0 Å². The summed E-state index contributed by atoms with van der Waals surface area (Å²) in [5.74, 6) is -4.87. The monoisotopic (exact) mass is 322 g/mol. The van der Waals surface area contributed by atoms with Crippen LogP contribution in [0.4, 0.5) is 22.0 Å². The summed E-state index contributed by atoms with van der Waals surface area (Å²) in [5, 5.41) is 0. The van der Waals surface area contributed by atoms with Crippen LogP contribution in [0, 0.1) is 0 Å². The van der Waals surface area contributed by atoms with E-state index in [9.17, 15) is 22.0 Å². The molecule has 3 rings (SSSR count). The number of hydrogen-bond donors (Lipinski definition) is 0. The number of ether oxygens (including phenoxy) is 2. The molecule has 1 aromatic carbocycles. The van der Waals surface area contributed by atoms with E-state index in [2.05, 4.69) is 9.72 Å². The fraction of sp³-hybridized carbons (Fsp3) is 0.462. The first kappa shape index (κ1) is 15.0. The molecule has 0 spiro atoms. The van der Waals surface area contributed by atoms with Crippen LogP contribution in [0.1, 0.15) is 0 Å². The van der Waals surface area contributed by atoms with Crippen molar-refractivity contribution in [3.05, 3.63) is 24.3 Å². The quantitative estimate of drug-likeness (QED) is 0.812. The molecule has 1 aliphatic rings. The zero-order valence-corrected chi connectivity index (χ0v) is 11.1. The number of aromatic nitrogens is 2. The van der Waals surface area contributed by atoms with Gasteiger partial charge < -0.3 is 9.47 Å². The van der Waals surface area contributed by atoms with E-state index in [4.69, 9.17) is 4.74 Å². The molecule has 22 heavy (non-hydrogen) atoms. The predicted molar refractivity (Wildman–Crippen MR) is 66.0 cm³/mol. The van der Waals surface area contributed by atoms with Crippen LogP contribution < -0.4 is 4.74 Å². The predicted octanol–water partition coefficient (Wildman–Crippen LogP) is 3.01. The minimum Gasteiger partial charge on any atom is -0.457 e. The van der Waals surface area contributed by atoms with Crippen molar-refractivity contribution in [1.29, 1.82) is 0 Å². The third-order valence-corrected chi connectivity index (χ3v) is 3.28. The number of benzene rings is 1. The number of halogens is 5. The smallest absolute Gasteiger partial charge is 0.455 e. The molecule has 1 aromatic heterocycles. The Labute approximate surface area is 121 Å². The largest absolute Gasteiger partial charge is 0.457 e. The summed E-state index contributed by atoms with van der Waals surface area (Å²) in [7, 11) is 0. The fourth-order valence-corrected chi connectivity index (χ4v) is 2.20. The first-order valence-electron chi connectivity index (χ1n) is 6.42. The second kappa shape index (κ2) is 5.08. The molecule has 0 N–H and O–H groups in total. The second-order valence-corrected chi connectivity index (χ2v) is 4.95. The third kappa shape index (κ3) is 2.60. The van der Waals surface area contributed by atoms with Crippen LogP contribution >= 0.6 is 0 Å². The van der Waals surface area contributed by atoms with Crippen molar-refractivity contribution in [3.8, 4) is 6.01 Å². The molecule has 0 aliphatic carbocycles. The van der Waals surface area contributed by atoms with E-state index in [-0.39, 0.29) is 13.2 Å². The minimum atomic E-state index is -5.62. The van der Waals surface area contributed by atoms with E-state index in [0.717, 1.165) is 11.0 Å². The second-order valence-electron chi connectivity index (χ2n) is 4.95. The first-order chi connectivity index (χ1) is 10.3. The summed E-state index contributed by atoms with van der Waals surface area (Å²) in [6, 6.07) is 7.53. The van der Waals surface area contributed by atoms with Crippen LogP contribution in [0.2, 0.25) is 0 Å². The van der Waals surface area contributed by atoms with Gasteiger partial charge in [0.15, 0.2) is 0 Å². The van der Waals surface area contributed by atoms with Gasteiger partial charge >= 0.3 is 12.1 Å². The number of imidazole rings is 1. The van der Waals surface area contributed by atoms with Crippen LogP contribution in [0.5, 0.6) is 6.01 Å². The lowest BCUT2D eigenvalue weighted by atomic mass is 10.3. The maximum Gasteiger partial charge on any atom is 0.455 e. The summed E-state index contributed by atoms with van der Waals surface area (Å²) in [6.07, 6.45) is -6.26. The third-order valence-electron chi connectivity index (χ3n) is 3.28. The van der Waals surface area contributed by atoms with Gasteiger partial charge in [-0.2, -0.15) is 26.9 Å². The van der Waals surface area contributed by atoms with Crippen LogP contribution in [0.3, 0.4) is 0 Å². The Morgan fingerprint density at radius 2 is 1.95 bits per heavy atom. The minimum absolute atomic E-state index is 0.285. The van der Waals surface area contributed by atoms with Gasteiger partial charge in [0.25, 0.3) is 6.01 Å². The van der Waals surface area contributed by atoms with Crippen molar-refractivity contribution >= 4 is 11.0 Å². The van der Waals surface area contributed by atoms with Gasteiger partial charge in [0.2, 0.25) is 0 Å². The van der Waals surface area contributed by atoms with Gasteiger partial charge in [0, 0.05) is 0 Å². The Bertz CT molecular complexity index is 683. The molecular weight excluding hydrogens is 311 g/mol. The molecule has 1 atom stereocenters. The topological polar surface area (TPSA) is 36.3 Å². The molecular formula is C13H11F5N2O2. The van der Waals surface area contributed by atoms with Crippen LogP contribution in [0.25, 0.3) is 11.0 Å². The molecule has 0 amide bonds. The number of alkyl halides is 5. The molecule has 120 valence electrons. The Hall–Kier alpha value is -1.90. The maximum absolute atomic E-state index is 12.7. The summed E-state index contributed by atoms with van der Waals surface area (Å²) in [4.78, 5) is 4.20. The summed E-state index contributed by atoms with van der Waals surface area (Å²) < 4.78 is 73.0. The number of nitrogens with zero attached hydrogens (tertiary/aromatic N) is 2. The van der Waals surface area contributed by atoms with Crippen LogP contribution in [0.15, 0.2) is 24.3 Å². The van der Waals surface area contributed by atoms with E-state index in [1.807, 2.05) is 18.2 Å². The lowest BCUT2D eigenvalue weighted by Gasteiger charge is -2.20. The van der Waals surface area contributed by atoms with E-state index in [1.54, 1.807) is 10.6 Å². The zero-order valence-electron chi connectivity index (χ0n) is 11.1. The molecule has 2 heterocycles. The van der Waals surface area contributed by atoms with Crippen molar-refractivity contribution in [2.75, 3.05) is 13.2 Å². The Balaban J connectivity index is 1.58. The summed E-state index contributed by atoms with van der Waals surface area (Å²) >= 11 is 0. The Morgan fingerprint density at radius 1 is 1.23 bits per heavy atom. The molecule has 0 radical (unpaired) electrons. The number of rotatable bonds is 4. The Morgan fingerprint density at radius 3 is 2.68 bits per heavy atom. The molecule has 4 nitrogen and oxygen atoms in total. The van der Waals surface area contributed by atoms with Gasteiger partial charge in [-0.1, -0.05) is 12.1 Å². The highest BCUT2D eigenvalue weighted by atomic mass is 19.4. The molecule has 1 aliphatic heterocycles. The van der Waals surface area contributed by atoms with Crippen molar-refractivity contribution < 1.29 is 31.4 Å². The molecule has 0 saturated heterocycles. The average molecular weight is 322 g/mol. The van der Waals surface area contributed by atoms with E-state index in [1.165, 1.54) is 0 Å². The summed E-state index contributed by atoms with van der Waals surface area (Å²) in [5.41, 5.74) is 1.53. The van der Waals surface area contributed by atoms with Crippen molar-refractivity contribution in [2.45, 2.75) is 24.7 Å². The molecule has 9 heteroatoms. The first-order valence-corrected chi connectivity index (χ1v) is 6.42. The lowest BCUT2D eigenvalue weighted by Crippen LogP contribution is -2.41. The van der Waals surface area contributed by atoms with Gasteiger partial charge in [0.05, 0.1) is 24.2 Å². The van der Waals surface area contributed by atoms with Gasteiger partial charge in [0.1, 0.15) is 12.7 Å².